The van der Waals surface area contributed by atoms with E-state index in [-0.39, 0.29) is 12.0 Å². The van der Waals surface area contributed by atoms with Gasteiger partial charge in [0.15, 0.2) is 0 Å². The van der Waals surface area contributed by atoms with Gasteiger partial charge in [0.05, 0.1) is 17.5 Å². The lowest BCUT2D eigenvalue weighted by molar-refractivity contribution is -0.123. The summed E-state index contributed by atoms with van der Waals surface area (Å²) in [6.07, 6.45) is 4.27. The van der Waals surface area contributed by atoms with Crippen molar-refractivity contribution in [1.82, 2.24) is 9.55 Å². The predicted molar refractivity (Wildman–Crippen MR) is 84.1 cm³/mol. The second-order valence-corrected chi connectivity index (χ2v) is 6.02. The van der Waals surface area contributed by atoms with Crippen LogP contribution in [-0.4, -0.2) is 21.4 Å². The van der Waals surface area contributed by atoms with Crippen molar-refractivity contribution in [1.29, 1.82) is 0 Å². The van der Waals surface area contributed by atoms with Gasteiger partial charge in [-0.25, -0.2) is 4.98 Å². The molecule has 1 saturated carbocycles. The van der Waals surface area contributed by atoms with Crippen LogP contribution < -0.4 is 5.73 Å². The molecule has 0 saturated heterocycles. The molecule has 1 fully saturated rings. The molecule has 0 bridgehead atoms. The van der Waals surface area contributed by atoms with Gasteiger partial charge >= 0.3 is 0 Å². The van der Waals surface area contributed by atoms with E-state index in [1.807, 2.05) is 18.2 Å². The smallest absolute Gasteiger partial charge is 0.143 e. The molecule has 4 nitrogen and oxygen atoms in total. The number of nitrogens with two attached hydrogens (primary N) is 1. The van der Waals surface area contributed by atoms with Gasteiger partial charge in [0, 0.05) is 18.5 Å². The van der Waals surface area contributed by atoms with Crippen LogP contribution in [-0.2, 0) is 17.8 Å². The first kappa shape index (κ1) is 14.3. The highest BCUT2D eigenvalue weighted by Gasteiger charge is 2.25. The maximum absolute atomic E-state index is 12.5. The number of hydrogen-bond donors (Lipinski definition) is 1. The first-order valence-electron chi connectivity index (χ1n) is 7.91. The standard InChI is InChI=1S/C17H23N3O/c1-2-20-15-6-4-3-5-14(15)19-17(20)11-16(21)12-7-9-13(18)10-8-12/h3-6,12-13H,2,7-11,18H2,1H3. The lowest BCUT2D eigenvalue weighted by Gasteiger charge is -2.24. The van der Waals surface area contributed by atoms with Crippen molar-refractivity contribution in [2.75, 3.05) is 0 Å². The Labute approximate surface area is 125 Å². The molecule has 0 spiro atoms. The maximum atomic E-state index is 12.5. The van der Waals surface area contributed by atoms with E-state index in [9.17, 15) is 4.79 Å². The summed E-state index contributed by atoms with van der Waals surface area (Å²) < 4.78 is 2.15. The number of aromatic nitrogens is 2. The molecule has 0 atom stereocenters. The zero-order valence-corrected chi connectivity index (χ0v) is 12.6. The highest BCUT2D eigenvalue weighted by molar-refractivity contribution is 5.84. The van der Waals surface area contributed by atoms with E-state index in [1.165, 1.54) is 0 Å². The van der Waals surface area contributed by atoms with Crippen LogP contribution in [0, 0.1) is 5.92 Å². The molecule has 1 aromatic carbocycles. The van der Waals surface area contributed by atoms with E-state index < -0.39 is 0 Å². The van der Waals surface area contributed by atoms with Gasteiger partial charge in [-0.05, 0) is 44.7 Å². The number of hydrogen-bond acceptors (Lipinski definition) is 3. The summed E-state index contributed by atoms with van der Waals surface area (Å²) in [5.74, 6) is 1.40. The number of nitrogens with zero attached hydrogens (tertiary/aromatic N) is 2. The third-order valence-electron chi connectivity index (χ3n) is 4.61. The van der Waals surface area contributed by atoms with Gasteiger partial charge in [-0.1, -0.05) is 12.1 Å². The highest BCUT2D eigenvalue weighted by Crippen LogP contribution is 2.25. The molecule has 0 unspecified atom stereocenters. The Hall–Kier alpha value is -1.68. The summed E-state index contributed by atoms with van der Waals surface area (Å²) in [7, 11) is 0. The number of fused-ring (bicyclic) bond motifs is 1. The number of rotatable bonds is 4. The number of carbonyl (C=O) groups is 1. The van der Waals surface area contributed by atoms with Crippen LogP contribution in [0.1, 0.15) is 38.4 Å². The van der Waals surface area contributed by atoms with Crippen LogP contribution in [0.25, 0.3) is 11.0 Å². The molecule has 3 rings (SSSR count). The Kier molecular flexibility index (Phi) is 4.06. The number of para-hydroxylation sites is 2. The van der Waals surface area contributed by atoms with E-state index in [0.717, 1.165) is 49.1 Å². The minimum Gasteiger partial charge on any atom is -0.328 e. The van der Waals surface area contributed by atoms with Crippen LogP contribution in [0.3, 0.4) is 0 Å². The number of aryl methyl sites for hydroxylation is 1. The lowest BCUT2D eigenvalue weighted by Crippen LogP contribution is -2.30. The summed E-state index contributed by atoms with van der Waals surface area (Å²) in [4.78, 5) is 17.2. The van der Waals surface area contributed by atoms with Crippen molar-refractivity contribution in [2.24, 2.45) is 11.7 Å². The van der Waals surface area contributed by atoms with Crippen molar-refractivity contribution >= 4 is 16.8 Å². The molecule has 0 radical (unpaired) electrons. The van der Waals surface area contributed by atoms with Crippen molar-refractivity contribution in [3.05, 3.63) is 30.1 Å². The summed E-state index contributed by atoms with van der Waals surface area (Å²) >= 11 is 0. The molecule has 1 heterocycles. The molecule has 0 aliphatic heterocycles. The van der Waals surface area contributed by atoms with Gasteiger partial charge in [-0.3, -0.25) is 4.79 Å². The van der Waals surface area contributed by atoms with Gasteiger partial charge in [-0.15, -0.1) is 0 Å². The minimum absolute atomic E-state index is 0.176. The van der Waals surface area contributed by atoms with Gasteiger partial charge in [0.25, 0.3) is 0 Å². The Morgan fingerprint density at radius 2 is 2.00 bits per heavy atom. The normalized spacial score (nSPS) is 22.6. The van der Waals surface area contributed by atoms with Crippen molar-refractivity contribution in [3.63, 3.8) is 0 Å². The third kappa shape index (κ3) is 2.86. The minimum atomic E-state index is 0.176. The Morgan fingerprint density at radius 1 is 1.29 bits per heavy atom. The van der Waals surface area contributed by atoms with Gasteiger partial charge in [0.2, 0.25) is 0 Å². The van der Waals surface area contributed by atoms with E-state index in [0.29, 0.717) is 12.2 Å². The molecule has 1 aromatic heterocycles. The molecule has 1 aliphatic carbocycles. The number of imidazole rings is 1. The fourth-order valence-electron chi connectivity index (χ4n) is 3.35. The summed E-state index contributed by atoms with van der Waals surface area (Å²) in [6, 6.07) is 8.37. The molecule has 2 N–H and O–H groups in total. The van der Waals surface area contributed by atoms with Crippen LogP contribution >= 0.6 is 0 Å². The largest absolute Gasteiger partial charge is 0.328 e. The molecular formula is C17H23N3O. The van der Waals surface area contributed by atoms with Crippen molar-refractivity contribution in [2.45, 2.75) is 51.6 Å². The molecule has 0 amide bonds. The molecule has 21 heavy (non-hydrogen) atoms. The summed E-state index contributed by atoms with van der Waals surface area (Å²) in [5.41, 5.74) is 8.02. The van der Waals surface area contributed by atoms with Crippen molar-refractivity contribution in [3.8, 4) is 0 Å². The summed E-state index contributed by atoms with van der Waals surface area (Å²) in [6.45, 7) is 2.94. The zero-order chi connectivity index (χ0) is 14.8. The molecule has 112 valence electrons. The number of benzene rings is 1. The fourth-order valence-corrected chi connectivity index (χ4v) is 3.35. The molecule has 4 heteroatoms. The number of carbonyl (C=O) groups excluding carboxylic acids is 1. The van der Waals surface area contributed by atoms with Gasteiger partial charge in [-0.2, -0.15) is 0 Å². The van der Waals surface area contributed by atoms with Crippen LogP contribution in [0.4, 0.5) is 0 Å². The first-order chi connectivity index (χ1) is 10.2. The number of ketones is 1. The average molecular weight is 285 g/mol. The van der Waals surface area contributed by atoms with Crippen LogP contribution in [0.15, 0.2) is 24.3 Å². The van der Waals surface area contributed by atoms with E-state index in [1.54, 1.807) is 0 Å². The average Bonchev–Trinajstić information content (AvgIpc) is 2.84. The van der Waals surface area contributed by atoms with E-state index in [4.69, 9.17) is 5.73 Å². The van der Waals surface area contributed by atoms with Crippen molar-refractivity contribution < 1.29 is 4.79 Å². The molecule has 1 aliphatic rings. The Balaban J connectivity index is 1.79. The molecule has 2 aromatic rings. The maximum Gasteiger partial charge on any atom is 0.143 e. The second-order valence-electron chi connectivity index (χ2n) is 6.02. The van der Waals surface area contributed by atoms with Crippen LogP contribution in [0.2, 0.25) is 0 Å². The lowest BCUT2D eigenvalue weighted by atomic mass is 9.83. The number of Topliss-reactive ketones (excluding diaryl/α,β-unsaturated/α-hetero) is 1. The van der Waals surface area contributed by atoms with E-state index >= 15 is 0 Å². The monoisotopic (exact) mass is 285 g/mol. The zero-order valence-electron chi connectivity index (χ0n) is 12.6. The van der Waals surface area contributed by atoms with Gasteiger partial charge in [0.1, 0.15) is 11.6 Å². The fraction of sp³-hybridized carbons (Fsp3) is 0.529. The first-order valence-corrected chi connectivity index (χ1v) is 7.91. The third-order valence-corrected chi connectivity index (χ3v) is 4.61. The van der Waals surface area contributed by atoms with Gasteiger partial charge < -0.3 is 10.3 Å². The molecular weight excluding hydrogens is 262 g/mol. The van der Waals surface area contributed by atoms with E-state index in [2.05, 4.69) is 22.5 Å². The van der Waals surface area contributed by atoms with Crippen LogP contribution in [0.5, 0.6) is 0 Å². The second kappa shape index (κ2) is 5.98. The topological polar surface area (TPSA) is 60.9 Å². The predicted octanol–water partition coefficient (Wildman–Crippen LogP) is 2.69. The summed E-state index contributed by atoms with van der Waals surface area (Å²) in [5, 5.41) is 0. The Morgan fingerprint density at radius 3 is 2.71 bits per heavy atom. The SMILES string of the molecule is CCn1c(CC(=O)C2CCC(N)CC2)nc2ccccc21. The highest BCUT2D eigenvalue weighted by atomic mass is 16.1. The quantitative estimate of drug-likeness (QED) is 0.939. The Bertz CT molecular complexity index is 639.